The Hall–Kier alpha value is -2.47. The number of amides is 2. The molecule has 1 aliphatic carbocycles. The zero-order valence-corrected chi connectivity index (χ0v) is 19.2. The standard InChI is InChI=1S/C22H30F4N6O2/c1-13(2)34-10-17(31-12-22(25,26)11-28-20(31)33)15-7-18-30-16(9-32(18)29-8-15)19(27)14-3-5-21(23,24)6-4-14/h7-9,13-14,17,19H,3-6,10-12,27H2,1-2H3,(H,28,33)/t17-,19+/m1/s1. The predicted molar refractivity (Wildman–Crippen MR) is 116 cm³/mol. The highest BCUT2D eigenvalue weighted by molar-refractivity contribution is 5.76. The Morgan fingerprint density at radius 2 is 1.94 bits per heavy atom. The van der Waals surface area contributed by atoms with Gasteiger partial charge in [0.05, 0.1) is 56.0 Å². The van der Waals surface area contributed by atoms with Gasteiger partial charge in [0.25, 0.3) is 5.92 Å². The summed E-state index contributed by atoms with van der Waals surface area (Å²) in [7, 11) is 0. The van der Waals surface area contributed by atoms with Gasteiger partial charge in [-0.3, -0.25) is 0 Å². The summed E-state index contributed by atoms with van der Waals surface area (Å²) in [6.45, 7) is 2.17. The summed E-state index contributed by atoms with van der Waals surface area (Å²) >= 11 is 0. The van der Waals surface area contributed by atoms with Gasteiger partial charge in [0, 0.05) is 18.4 Å². The number of nitrogens with one attached hydrogen (secondary N) is 1. The molecule has 2 atom stereocenters. The summed E-state index contributed by atoms with van der Waals surface area (Å²) in [5.41, 5.74) is 7.79. The van der Waals surface area contributed by atoms with Crippen LogP contribution in [0.25, 0.3) is 5.65 Å². The van der Waals surface area contributed by atoms with Crippen LogP contribution in [0, 0.1) is 5.92 Å². The number of nitrogens with zero attached hydrogens (tertiary/aromatic N) is 4. The van der Waals surface area contributed by atoms with Gasteiger partial charge in [-0.2, -0.15) is 5.10 Å². The van der Waals surface area contributed by atoms with Gasteiger partial charge < -0.3 is 20.7 Å². The molecule has 0 radical (unpaired) electrons. The van der Waals surface area contributed by atoms with Crippen molar-refractivity contribution < 1.29 is 27.1 Å². The Morgan fingerprint density at radius 1 is 1.24 bits per heavy atom. The van der Waals surface area contributed by atoms with E-state index in [1.807, 2.05) is 13.8 Å². The van der Waals surface area contributed by atoms with E-state index in [0.717, 1.165) is 4.90 Å². The minimum atomic E-state index is -3.08. The number of hydrogen-bond acceptors (Lipinski definition) is 5. The molecule has 0 aromatic carbocycles. The van der Waals surface area contributed by atoms with Gasteiger partial charge in [-0.05, 0) is 38.7 Å². The van der Waals surface area contributed by atoms with Crippen LogP contribution in [-0.2, 0) is 4.74 Å². The third-order valence-corrected chi connectivity index (χ3v) is 6.48. The fraction of sp³-hybridized carbons (Fsp3) is 0.682. The Kier molecular flexibility index (Phi) is 6.74. The Bertz CT molecular complexity index is 1020. The minimum Gasteiger partial charge on any atom is -0.376 e. The highest BCUT2D eigenvalue weighted by Crippen LogP contribution is 2.40. The number of imidazole rings is 1. The summed E-state index contributed by atoms with van der Waals surface area (Å²) in [5, 5.41) is 6.56. The van der Waals surface area contributed by atoms with Crippen molar-refractivity contribution in [1.82, 2.24) is 24.8 Å². The quantitative estimate of drug-likeness (QED) is 0.582. The number of ether oxygens (including phenoxy) is 1. The molecule has 0 spiro atoms. The zero-order valence-electron chi connectivity index (χ0n) is 19.2. The van der Waals surface area contributed by atoms with Crippen LogP contribution in [0.2, 0.25) is 0 Å². The third-order valence-electron chi connectivity index (χ3n) is 6.48. The van der Waals surface area contributed by atoms with Crippen LogP contribution in [0.1, 0.15) is 62.9 Å². The lowest BCUT2D eigenvalue weighted by atomic mass is 9.81. The lowest BCUT2D eigenvalue weighted by molar-refractivity contribution is -0.0569. The van der Waals surface area contributed by atoms with Gasteiger partial charge in [0.2, 0.25) is 5.92 Å². The molecule has 3 heterocycles. The van der Waals surface area contributed by atoms with E-state index in [1.54, 1.807) is 12.3 Å². The number of rotatable bonds is 7. The molecule has 8 nitrogen and oxygen atoms in total. The maximum atomic E-state index is 14.1. The molecule has 2 aliphatic rings. The monoisotopic (exact) mass is 486 g/mol. The molecule has 3 N–H and O–H groups in total. The molecule has 1 aliphatic heterocycles. The predicted octanol–water partition coefficient (Wildman–Crippen LogP) is 3.68. The van der Waals surface area contributed by atoms with Crippen molar-refractivity contribution in [3.05, 3.63) is 29.7 Å². The first-order valence-electron chi connectivity index (χ1n) is 11.5. The molecule has 0 unspecified atom stereocenters. The van der Waals surface area contributed by atoms with Crippen molar-refractivity contribution in [2.24, 2.45) is 11.7 Å². The summed E-state index contributed by atoms with van der Waals surface area (Å²) < 4.78 is 62.4. The number of alkyl halides is 4. The fourth-order valence-electron chi connectivity index (χ4n) is 4.50. The SMILES string of the molecule is CC(C)OC[C@H](c1cnn2cc([C@@H](N)C3CCC(F)(F)CC3)nc2c1)N1CC(F)(F)CNC1=O. The van der Waals surface area contributed by atoms with Gasteiger partial charge in [0.15, 0.2) is 5.65 Å². The number of urea groups is 1. The van der Waals surface area contributed by atoms with Gasteiger partial charge in [-0.1, -0.05) is 0 Å². The normalized spacial score (nSPS) is 22.7. The molecule has 188 valence electrons. The lowest BCUT2D eigenvalue weighted by Gasteiger charge is -2.38. The van der Waals surface area contributed by atoms with Crippen LogP contribution in [0.3, 0.4) is 0 Å². The second-order valence-electron chi connectivity index (χ2n) is 9.52. The number of carbonyl (C=O) groups is 1. The topological polar surface area (TPSA) is 97.8 Å². The van der Waals surface area contributed by atoms with Gasteiger partial charge >= 0.3 is 6.03 Å². The van der Waals surface area contributed by atoms with Crippen LogP contribution in [-0.4, -0.2) is 63.2 Å². The highest BCUT2D eigenvalue weighted by atomic mass is 19.3. The summed E-state index contributed by atoms with van der Waals surface area (Å²) in [4.78, 5) is 18.0. The number of aromatic nitrogens is 3. The van der Waals surface area contributed by atoms with Gasteiger partial charge in [-0.25, -0.2) is 31.9 Å². The summed E-state index contributed by atoms with van der Waals surface area (Å²) in [5.74, 6) is -5.84. The van der Waals surface area contributed by atoms with Crippen molar-refractivity contribution in [2.45, 2.75) is 69.6 Å². The van der Waals surface area contributed by atoms with Crippen LogP contribution in [0.4, 0.5) is 22.4 Å². The summed E-state index contributed by atoms with van der Waals surface area (Å²) in [6, 6.07) is -0.274. The van der Waals surface area contributed by atoms with E-state index in [4.69, 9.17) is 10.5 Å². The first-order valence-corrected chi connectivity index (χ1v) is 11.5. The average molecular weight is 487 g/mol. The molecule has 1 saturated carbocycles. The lowest BCUT2D eigenvalue weighted by Crippen LogP contribution is -2.58. The molecule has 12 heteroatoms. The maximum absolute atomic E-state index is 14.1. The van der Waals surface area contributed by atoms with Crippen LogP contribution in [0.15, 0.2) is 18.5 Å². The van der Waals surface area contributed by atoms with Crippen molar-refractivity contribution >= 4 is 11.7 Å². The first-order chi connectivity index (χ1) is 15.9. The number of hydrogen-bond donors (Lipinski definition) is 2. The minimum absolute atomic E-state index is 0.00237. The molecular formula is C22H30F4N6O2. The average Bonchev–Trinajstić information content (AvgIpc) is 3.19. The van der Waals surface area contributed by atoms with E-state index in [-0.39, 0.29) is 31.5 Å². The first kappa shape index (κ1) is 24.6. The number of halogens is 4. The van der Waals surface area contributed by atoms with Gasteiger partial charge in [-0.15, -0.1) is 0 Å². The van der Waals surface area contributed by atoms with Crippen molar-refractivity contribution in [3.8, 4) is 0 Å². The molecule has 2 amide bonds. The molecule has 2 aromatic rings. The van der Waals surface area contributed by atoms with E-state index in [2.05, 4.69) is 15.4 Å². The third kappa shape index (κ3) is 5.43. The Morgan fingerprint density at radius 3 is 2.62 bits per heavy atom. The number of fused-ring (bicyclic) bond motifs is 1. The molecule has 1 saturated heterocycles. The number of carbonyl (C=O) groups excluding carboxylic acids is 1. The highest BCUT2D eigenvalue weighted by Gasteiger charge is 2.42. The van der Waals surface area contributed by atoms with E-state index < -0.39 is 43.0 Å². The van der Waals surface area contributed by atoms with E-state index in [0.29, 0.717) is 29.7 Å². The van der Waals surface area contributed by atoms with Crippen LogP contribution in [0.5, 0.6) is 0 Å². The number of nitrogens with two attached hydrogens (primary N) is 1. The molecule has 4 rings (SSSR count). The summed E-state index contributed by atoms with van der Waals surface area (Å²) in [6.07, 6.45) is 3.20. The molecule has 2 fully saturated rings. The largest absolute Gasteiger partial charge is 0.376 e. The Labute approximate surface area is 194 Å². The molecule has 34 heavy (non-hydrogen) atoms. The van der Waals surface area contributed by atoms with Crippen LogP contribution < -0.4 is 11.1 Å². The molecule has 0 bridgehead atoms. The molecular weight excluding hydrogens is 456 g/mol. The van der Waals surface area contributed by atoms with Crippen molar-refractivity contribution in [2.75, 3.05) is 19.7 Å². The maximum Gasteiger partial charge on any atom is 0.318 e. The van der Waals surface area contributed by atoms with Crippen molar-refractivity contribution in [1.29, 1.82) is 0 Å². The van der Waals surface area contributed by atoms with E-state index >= 15 is 0 Å². The van der Waals surface area contributed by atoms with E-state index in [9.17, 15) is 22.4 Å². The van der Waals surface area contributed by atoms with E-state index in [1.165, 1.54) is 10.7 Å². The smallest absolute Gasteiger partial charge is 0.318 e. The second-order valence-corrected chi connectivity index (χ2v) is 9.52. The zero-order chi connectivity index (χ0) is 24.7. The Balaban J connectivity index is 1.59. The van der Waals surface area contributed by atoms with Crippen LogP contribution >= 0.6 is 0 Å². The van der Waals surface area contributed by atoms with Gasteiger partial charge in [0.1, 0.15) is 0 Å². The van der Waals surface area contributed by atoms with Crippen molar-refractivity contribution in [3.63, 3.8) is 0 Å². The second kappa shape index (κ2) is 9.29. The molecule has 2 aromatic heterocycles. The fourth-order valence-corrected chi connectivity index (χ4v) is 4.50.